The van der Waals surface area contributed by atoms with E-state index in [0.29, 0.717) is 17.1 Å². The van der Waals surface area contributed by atoms with Crippen LogP contribution >= 0.6 is 15.9 Å². The van der Waals surface area contributed by atoms with Crippen LogP contribution in [0.15, 0.2) is 75.1 Å². The number of methoxy groups -OCH3 is 3. The number of nitrogens with one attached hydrogen (secondary N) is 1. The predicted molar refractivity (Wildman–Crippen MR) is 130 cm³/mol. The fraction of sp³-hybridized carbons (Fsp3) is 0.130. The van der Waals surface area contributed by atoms with Crippen LogP contribution in [0.3, 0.4) is 0 Å². The van der Waals surface area contributed by atoms with Gasteiger partial charge in [-0.1, -0.05) is 15.9 Å². The third-order valence-corrected chi connectivity index (χ3v) is 6.26. The highest BCUT2D eigenvalue weighted by molar-refractivity contribution is 9.10. The van der Waals surface area contributed by atoms with Crippen LogP contribution in [0.25, 0.3) is 0 Å². The summed E-state index contributed by atoms with van der Waals surface area (Å²) < 4.78 is 46.5. The van der Waals surface area contributed by atoms with Gasteiger partial charge in [-0.3, -0.25) is 0 Å². The summed E-state index contributed by atoms with van der Waals surface area (Å²) >= 11 is 3.26. The lowest BCUT2D eigenvalue weighted by atomic mass is 10.2. The standard InChI is InChI=1S/C23H21BrN2O7S/c1-30-18-11-16(12-19(13-18)31-2)23(27)33-21-9-4-15(10-22(21)32-3)14-25-26-34(28,29)20-7-5-17(24)6-8-20/h4-14,26H,1-3H3/b25-14+. The highest BCUT2D eigenvalue weighted by Gasteiger charge is 2.16. The SMILES string of the molecule is COc1cc(OC)cc(C(=O)Oc2ccc(/C=N/NS(=O)(=O)c3ccc(Br)cc3)cc2OC)c1. The number of rotatable bonds is 9. The molecule has 34 heavy (non-hydrogen) atoms. The van der Waals surface area contributed by atoms with Crippen LogP contribution in [-0.4, -0.2) is 41.9 Å². The van der Waals surface area contributed by atoms with Gasteiger partial charge in [-0.05, 0) is 60.2 Å². The molecule has 3 aromatic carbocycles. The van der Waals surface area contributed by atoms with Crippen LogP contribution in [0.4, 0.5) is 0 Å². The number of carbonyl (C=O) groups is 1. The molecule has 0 heterocycles. The molecule has 0 saturated carbocycles. The number of ether oxygens (including phenoxy) is 4. The van der Waals surface area contributed by atoms with Crippen molar-refractivity contribution in [3.05, 3.63) is 76.3 Å². The van der Waals surface area contributed by atoms with Gasteiger partial charge in [-0.25, -0.2) is 9.63 Å². The minimum absolute atomic E-state index is 0.0712. The molecule has 3 aromatic rings. The van der Waals surface area contributed by atoms with Gasteiger partial charge >= 0.3 is 5.97 Å². The van der Waals surface area contributed by atoms with Gasteiger partial charge < -0.3 is 18.9 Å². The van der Waals surface area contributed by atoms with E-state index in [9.17, 15) is 13.2 Å². The number of hydrazone groups is 1. The third kappa shape index (κ3) is 6.27. The molecule has 11 heteroatoms. The first-order chi connectivity index (χ1) is 16.2. The number of benzene rings is 3. The molecule has 3 rings (SSSR count). The van der Waals surface area contributed by atoms with E-state index in [2.05, 4.69) is 25.9 Å². The molecular weight excluding hydrogens is 528 g/mol. The van der Waals surface area contributed by atoms with Crippen molar-refractivity contribution in [2.75, 3.05) is 21.3 Å². The Morgan fingerprint density at radius 2 is 1.53 bits per heavy atom. The summed E-state index contributed by atoms with van der Waals surface area (Å²) in [4.78, 5) is 14.9. The van der Waals surface area contributed by atoms with Crippen molar-refractivity contribution in [2.24, 2.45) is 5.10 Å². The number of carbonyl (C=O) groups excluding carboxylic acids is 1. The summed E-state index contributed by atoms with van der Waals surface area (Å²) in [5.74, 6) is 0.662. The fourth-order valence-electron chi connectivity index (χ4n) is 2.77. The normalized spacial score (nSPS) is 11.2. The Balaban J connectivity index is 1.74. The lowest BCUT2D eigenvalue weighted by molar-refractivity contribution is 0.0729. The first-order valence-corrected chi connectivity index (χ1v) is 12.0. The zero-order valence-electron chi connectivity index (χ0n) is 18.4. The third-order valence-electron chi connectivity index (χ3n) is 4.49. The first kappa shape index (κ1) is 25.1. The average Bonchev–Trinajstić information content (AvgIpc) is 2.84. The average molecular weight is 549 g/mol. The molecule has 0 unspecified atom stereocenters. The van der Waals surface area contributed by atoms with E-state index in [-0.39, 0.29) is 22.0 Å². The summed E-state index contributed by atoms with van der Waals surface area (Å²) in [6, 6.07) is 15.5. The molecule has 0 aliphatic carbocycles. The molecule has 178 valence electrons. The second-order valence-corrected chi connectivity index (χ2v) is 9.28. The molecule has 0 bridgehead atoms. The van der Waals surface area contributed by atoms with E-state index in [0.717, 1.165) is 4.47 Å². The van der Waals surface area contributed by atoms with E-state index >= 15 is 0 Å². The minimum Gasteiger partial charge on any atom is -0.497 e. The van der Waals surface area contributed by atoms with E-state index in [1.807, 2.05) is 0 Å². The summed E-state index contributed by atoms with van der Waals surface area (Å²) in [7, 11) is 0.553. The molecule has 9 nitrogen and oxygen atoms in total. The van der Waals surface area contributed by atoms with Gasteiger partial charge in [0.2, 0.25) is 0 Å². The summed E-state index contributed by atoms with van der Waals surface area (Å²) in [5, 5.41) is 3.80. The van der Waals surface area contributed by atoms with Gasteiger partial charge in [0, 0.05) is 10.5 Å². The Labute approximate surface area is 205 Å². The van der Waals surface area contributed by atoms with Gasteiger partial charge in [-0.15, -0.1) is 0 Å². The van der Waals surface area contributed by atoms with E-state index < -0.39 is 16.0 Å². The monoisotopic (exact) mass is 548 g/mol. The summed E-state index contributed by atoms with van der Waals surface area (Å²) in [6.45, 7) is 0. The lowest BCUT2D eigenvalue weighted by Gasteiger charge is -2.11. The maximum absolute atomic E-state index is 12.6. The Morgan fingerprint density at radius 3 is 2.12 bits per heavy atom. The molecule has 0 aliphatic heterocycles. The van der Waals surface area contributed by atoms with Crippen molar-refractivity contribution < 1.29 is 32.2 Å². The Morgan fingerprint density at radius 1 is 0.882 bits per heavy atom. The van der Waals surface area contributed by atoms with Crippen LogP contribution in [0.5, 0.6) is 23.0 Å². The molecule has 1 N–H and O–H groups in total. The van der Waals surface area contributed by atoms with Gasteiger partial charge in [-0.2, -0.15) is 13.5 Å². The van der Waals surface area contributed by atoms with Crippen LogP contribution in [0.2, 0.25) is 0 Å². The Bertz CT molecular complexity index is 1290. The zero-order valence-corrected chi connectivity index (χ0v) is 20.8. The van der Waals surface area contributed by atoms with E-state index in [1.165, 1.54) is 57.9 Å². The summed E-state index contributed by atoms with van der Waals surface area (Å²) in [5.41, 5.74) is 0.740. The molecule has 0 amide bonds. The van der Waals surface area contributed by atoms with Crippen LogP contribution in [0, 0.1) is 0 Å². The highest BCUT2D eigenvalue weighted by Crippen LogP contribution is 2.30. The molecule has 0 saturated heterocycles. The van der Waals surface area contributed by atoms with Crippen molar-refractivity contribution >= 4 is 38.1 Å². The van der Waals surface area contributed by atoms with Crippen molar-refractivity contribution in [2.45, 2.75) is 4.90 Å². The smallest absolute Gasteiger partial charge is 0.343 e. The highest BCUT2D eigenvalue weighted by atomic mass is 79.9. The largest absolute Gasteiger partial charge is 0.497 e. The second-order valence-electron chi connectivity index (χ2n) is 6.71. The van der Waals surface area contributed by atoms with Gasteiger partial charge in [0.15, 0.2) is 11.5 Å². The molecular formula is C23H21BrN2O7S. The lowest BCUT2D eigenvalue weighted by Crippen LogP contribution is -2.18. The number of nitrogens with zero attached hydrogens (tertiary/aromatic N) is 1. The van der Waals surface area contributed by atoms with Crippen LogP contribution in [-0.2, 0) is 10.0 Å². The van der Waals surface area contributed by atoms with Crippen molar-refractivity contribution in [3.63, 3.8) is 0 Å². The summed E-state index contributed by atoms with van der Waals surface area (Å²) in [6.07, 6.45) is 1.30. The maximum atomic E-state index is 12.6. The predicted octanol–water partition coefficient (Wildman–Crippen LogP) is 4.01. The maximum Gasteiger partial charge on any atom is 0.343 e. The van der Waals surface area contributed by atoms with Crippen LogP contribution < -0.4 is 23.8 Å². The molecule has 0 aliphatic rings. The quantitative estimate of drug-likeness (QED) is 0.186. The van der Waals surface area contributed by atoms with Gasteiger partial charge in [0.1, 0.15) is 11.5 Å². The van der Waals surface area contributed by atoms with E-state index in [4.69, 9.17) is 18.9 Å². The van der Waals surface area contributed by atoms with Crippen LogP contribution in [0.1, 0.15) is 15.9 Å². The molecule has 0 radical (unpaired) electrons. The second kappa shape index (κ2) is 11.0. The molecule has 0 aromatic heterocycles. The fourth-order valence-corrected chi connectivity index (χ4v) is 3.83. The number of hydrogen-bond acceptors (Lipinski definition) is 8. The number of sulfonamides is 1. The number of esters is 1. The van der Waals surface area contributed by atoms with Crippen molar-refractivity contribution in [1.29, 1.82) is 0 Å². The topological polar surface area (TPSA) is 113 Å². The van der Waals surface area contributed by atoms with Crippen molar-refractivity contribution in [3.8, 4) is 23.0 Å². The number of hydrogen-bond donors (Lipinski definition) is 1. The van der Waals surface area contributed by atoms with Gasteiger partial charge in [0.05, 0.1) is 38.0 Å². The number of halogens is 1. The minimum atomic E-state index is -3.82. The Hall–Kier alpha value is -3.57. The first-order valence-electron chi connectivity index (χ1n) is 9.69. The van der Waals surface area contributed by atoms with E-state index in [1.54, 1.807) is 30.3 Å². The zero-order chi connectivity index (χ0) is 24.7. The molecule has 0 fully saturated rings. The van der Waals surface area contributed by atoms with Crippen molar-refractivity contribution in [1.82, 2.24) is 4.83 Å². The Kier molecular flexibility index (Phi) is 8.13. The van der Waals surface area contributed by atoms with Gasteiger partial charge in [0.25, 0.3) is 10.0 Å². The molecule has 0 spiro atoms. The molecule has 0 atom stereocenters.